The van der Waals surface area contributed by atoms with Gasteiger partial charge in [0.1, 0.15) is 5.82 Å². The Morgan fingerprint density at radius 1 is 0.963 bits per heavy atom. The van der Waals surface area contributed by atoms with E-state index in [0.29, 0.717) is 30.1 Å². The molecular weight excluding hydrogens is 344 g/mol. The first-order chi connectivity index (χ1) is 12.8. The molecule has 3 heterocycles. The maximum atomic E-state index is 12.8. The van der Waals surface area contributed by atoms with Gasteiger partial charge >= 0.3 is 5.69 Å². The molecule has 0 fully saturated rings. The predicted octanol–water partition coefficient (Wildman–Crippen LogP) is 1.94. The zero-order valence-electron chi connectivity index (χ0n) is 16.8. The quantitative estimate of drug-likeness (QED) is 0.687. The van der Waals surface area contributed by atoms with Crippen LogP contribution in [-0.4, -0.2) is 28.5 Å². The fraction of sp³-hybridized carbons (Fsp3) is 0.474. The zero-order valence-corrected chi connectivity index (χ0v) is 16.8. The molecule has 0 aliphatic rings. The number of hydrogen-bond acceptors (Lipinski definition) is 4. The molecule has 0 saturated heterocycles. The summed E-state index contributed by atoms with van der Waals surface area (Å²) < 4.78 is 6.50. The van der Waals surface area contributed by atoms with Gasteiger partial charge in [0.25, 0.3) is 5.56 Å². The number of fused-ring (bicyclic) bond motifs is 1. The molecule has 27 heavy (non-hydrogen) atoms. The van der Waals surface area contributed by atoms with Gasteiger partial charge in [-0.15, -0.1) is 0 Å². The first-order valence-corrected chi connectivity index (χ1v) is 9.27. The van der Waals surface area contributed by atoms with Crippen LogP contribution in [0.3, 0.4) is 0 Å². The van der Waals surface area contributed by atoms with Crippen molar-refractivity contribution in [3.8, 4) is 0 Å². The Morgan fingerprint density at radius 3 is 2.19 bits per heavy atom. The zero-order chi connectivity index (χ0) is 19.9. The summed E-state index contributed by atoms with van der Waals surface area (Å²) in [6.45, 7) is 11.3. The van der Waals surface area contributed by atoms with E-state index in [1.54, 1.807) is 23.1 Å². The van der Waals surface area contributed by atoms with Crippen molar-refractivity contribution < 1.29 is 0 Å². The van der Waals surface area contributed by atoms with Gasteiger partial charge in [-0.25, -0.2) is 9.78 Å². The Labute approximate surface area is 157 Å². The third-order valence-electron chi connectivity index (χ3n) is 5.05. The molecule has 8 nitrogen and oxygen atoms in total. The molecule has 0 unspecified atom stereocenters. The lowest BCUT2D eigenvalue weighted by Crippen LogP contribution is -2.39. The van der Waals surface area contributed by atoms with Crippen LogP contribution in [-0.2, 0) is 26.7 Å². The second-order valence-corrected chi connectivity index (χ2v) is 6.51. The summed E-state index contributed by atoms with van der Waals surface area (Å²) in [6, 6.07) is 0. The van der Waals surface area contributed by atoms with Crippen LogP contribution in [0.2, 0.25) is 0 Å². The Kier molecular flexibility index (Phi) is 4.91. The first kappa shape index (κ1) is 18.9. The van der Waals surface area contributed by atoms with Crippen LogP contribution in [0.15, 0.2) is 9.59 Å². The van der Waals surface area contributed by atoms with Gasteiger partial charge in [0.05, 0.1) is 5.69 Å². The molecule has 0 saturated carbocycles. The summed E-state index contributed by atoms with van der Waals surface area (Å²) in [5, 5.41) is 4.52. The van der Waals surface area contributed by atoms with Crippen molar-refractivity contribution in [2.45, 2.75) is 54.3 Å². The number of nitrogens with zero attached hydrogens (tertiary/aromatic N) is 6. The topological polar surface area (TPSA) is 79.6 Å². The van der Waals surface area contributed by atoms with Gasteiger partial charge in [-0.2, -0.15) is 5.10 Å². The molecule has 0 spiro atoms. The van der Waals surface area contributed by atoms with Gasteiger partial charge in [0, 0.05) is 37.9 Å². The van der Waals surface area contributed by atoms with Crippen molar-refractivity contribution >= 4 is 23.3 Å². The molecule has 0 bridgehead atoms. The fourth-order valence-electron chi connectivity index (χ4n) is 3.51. The minimum Gasteiger partial charge on any atom is -0.322 e. The highest BCUT2D eigenvalue weighted by Crippen LogP contribution is 2.18. The van der Waals surface area contributed by atoms with Gasteiger partial charge in [-0.05, 0) is 46.8 Å². The number of aryl methyl sites for hydroxylation is 4. The highest BCUT2D eigenvalue weighted by molar-refractivity contribution is 5.77. The third kappa shape index (κ3) is 2.85. The highest BCUT2D eigenvalue weighted by Gasteiger charge is 2.18. The SMILES string of the molecule is CCn1nc(C)c(/C=C/c2nc3c(c(=O)n(CC)c(=O)n3CC)n2C)c1C. The van der Waals surface area contributed by atoms with Gasteiger partial charge in [-0.3, -0.25) is 18.6 Å². The summed E-state index contributed by atoms with van der Waals surface area (Å²) >= 11 is 0. The number of aromatic nitrogens is 6. The largest absolute Gasteiger partial charge is 0.332 e. The monoisotopic (exact) mass is 370 g/mol. The minimum absolute atomic E-state index is 0.303. The van der Waals surface area contributed by atoms with E-state index in [1.807, 2.05) is 37.6 Å². The predicted molar refractivity (Wildman–Crippen MR) is 107 cm³/mol. The van der Waals surface area contributed by atoms with Crippen molar-refractivity contribution in [2.24, 2.45) is 7.05 Å². The molecule has 144 valence electrons. The average molecular weight is 370 g/mol. The van der Waals surface area contributed by atoms with Crippen LogP contribution in [0.5, 0.6) is 0 Å². The highest BCUT2D eigenvalue weighted by atomic mass is 16.2. The van der Waals surface area contributed by atoms with E-state index in [4.69, 9.17) is 0 Å². The number of imidazole rings is 1. The smallest absolute Gasteiger partial charge is 0.322 e. The van der Waals surface area contributed by atoms with Gasteiger partial charge < -0.3 is 4.57 Å². The van der Waals surface area contributed by atoms with E-state index in [2.05, 4.69) is 17.0 Å². The minimum atomic E-state index is -0.318. The maximum absolute atomic E-state index is 12.8. The maximum Gasteiger partial charge on any atom is 0.332 e. The van der Waals surface area contributed by atoms with Gasteiger partial charge in [0.15, 0.2) is 11.2 Å². The Morgan fingerprint density at radius 2 is 1.63 bits per heavy atom. The molecule has 3 aromatic heterocycles. The van der Waals surface area contributed by atoms with Crippen molar-refractivity contribution in [3.05, 3.63) is 43.6 Å². The summed E-state index contributed by atoms with van der Waals surface area (Å²) in [7, 11) is 1.80. The molecule has 0 aromatic carbocycles. The summed E-state index contributed by atoms with van der Waals surface area (Å²) in [5.74, 6) is 0.626. The lowest BCUT2D eigenvalue weighted by atomic mass is 10.2. The molecule has 0 radical (unpaired) electrons. The van der Waals surface area contributed by atoms with Crippen molar-refractivity contribution in [2.75, 3.05) is 0 Å². The van der Waals surface area contributed by atoms with E-state index < -0.39 is 0 Å². The van der Waals surface area contributed by atoms with E-state index >= 15 is 0 Å². The molecule has 3 rings (SSSR count). The molecule has 0 aliphatic carbocycles. The third-order valence-corrected chi connectivity index (χ3v) is 5.05. The van der Waals surface area contributed by atoms with Crippen LogP contribution in [0.25, 0.3) is 23.3 Å². The molecule has 3 aromatic rings. The second-order valence-electron chi connectivity index (χ2n) is 6.51. The molecule has 0 N–H and O–H groups in total. The van der Waals surface area contributed by atoms with Crippen molar-refractivity contribution in [1.29, 1.82) is 0 Å². The van der Waals surface area contributed by atoms with Crippen LogP contribution in [0.4, 0.5) is 0 Å². The van der Waals surface area contributed by atoms with Crippen LogP contribution in [0, 0.1) is 13.8 Å². The lowest BCUT2D eigenvalue weighted by Gasteiger charge is -2.08. The summed E-state index contributed by atoms with van der Waals surface area (Å²) in [6.07, 6.45) is 3.84. The Hall–Kier alpha value is -2.90. The molecule has 0 atom stereocenters. The molecule has 8 heteroatoms. The number of rotatable bonds is 5. The standard InChI is InChI=1S/C19H26N6O2/c1-7-23-17-16(18(26)24(8-2)19(23)27)22(6)15(20-17)11-10-14-12(4)21-25(9-3)13(14)5/h10-11H,7-9H2,1-6H3/b11-10+. The summed E-state index contributed by atoms with van der Waals surface area (Å²) in [5.41, 5.74) is 3.33. The van der Waals surface area contributed by atoms with E-state index in [9.17, 15) is 9.59 Å². The Balaban J connectivity index is 2.22. The molecule has 0 amide bonds. The van der Waals surface area contributed by atoms with Crippen LogP contribution in [0.1, 0.15) is 43.5 Å². The lowest BCUT2D eigenvalue weighted by molar-refractivity contribution is 0.604. The molecular formula is C19H26N6O2. The van der Waals surface area contributed by atoms with Crippen LogP contribution < -0.4 is 11.2 Å². The van der Waals surface area contributed by atoms with Crippen LogP contribution >= 0.6 is 0 Å². The van der Waals surface area contributed by atoms with Gasteiger partial charge in [0.2, 0.25) is 0 Å². The second kappa shape index (κ2) is 7.02. The summed E-state index contributed by atoms with van der Waals surface area (Å²) in [4.78, 5) is 29.9. The molecule has 0 aliphatic heterocycles. The van der Waals surface area contributed by atoms with E-state index in [0.717, 1.165) is 23.5 Å². The first-order valence-electron chi connectivity index (χ1n) is 9.27. The fourth-order valence-corrected chi connectivity index (χ4v) is 3.51. The van der Waals surface area contributed by atoms with E-state index in [1.165, 1.54) is 4.57 Å². The van der Waals surface area contributed by atoms with E-state index in [-0.39, 0.29) is 11.2 Å². The van der Waals surface area contributed by atoms with Crippen molar-refractivity contribution in [3.63, 3.8) is 0 Å². The Bertz CT molecular complexity index is 1160. The number of hydrogen-bond donors (Lipinski definition) is 0. The van der Waals surface area contributed by atoms with Gasteiger partial charge in [-0.1, -0.05) is 0 Å². The van der Waals surface area contributed by atoms with Crippen molar-refractivity contribution in [1.82, 2.24) is 28.5 Å². The average Bonchev–Trinajstić information content (AvgIpc) is 3.10. The normalized spacial score (nSPS) is 11.9.